The van der Waals surface area contributed by atoms with Crippen LogP contribution in [0.2, 0.25) is 0 Å². The Morgan fingerprint density at radius 1 is 1.07 bits per heavy atom. The third kappa shape index (κ3) is 4.01. The average molecular weight is 377 g/mol. The van der Waals surface area contributed by atoms with E-state index < -0.39 is 11.8 Å². The molecule has 0 saturated carbocycles. The Labute approximate surface area is 162 Å². The van der Waals surface area contributed by atoms with Crippen LogP contribution in [0.1, 0.15) is 18.2 Å². The lowest BCUT2D eigenvalue weighted by molar-refractivity contribution is -0.146. The lowest BCUT2D eigenvalue weighted by atomic mass is 10.0. The molecule has 0 aliphatic rings. The Bertz CT molecular complexity index is 1070. The quantitative estimate of drug-likeness (QED) is 0.497. The van der Waals surface area contributed by atoms with Crippen molar-refractivity contribution in [3.05, 3.63) is 65.9 Å². The molecular formula is C22H19NO5. The minimum Gasteiger partial charge on any atom is -0.493 e. The van der Waals surface area contributed by atoms with Crippen molar-refractivity contribution in [1.82, 2.24) is 4.98 Å². The van der Waals surface area contributed by atoms with E-state index in [1.807, 2.05) is 31.2 Å². The maximum Gasteiger partial charge on any atom is 0.377 e. The zero-order valence-electron chi connectivity index (χ0n) is 15.5. The van der Waals surface area contributed by atoms with E-state index in [-0.39, 0.29) is 5.57 Å². The number of benzene rings is 2. The van der Waals surface area contributed by atoms with Crippen molar-refractivity contribution < 1.29 is 24.2 Å². The average Bonchev–Trinajstić information content (AvgIpc) is 2.71. The molecule has 0 aliphatic heterocycles. The molecule has 3 rings (SSSR count). The molecule has 0 amide bonds. The number of pyridine rings is 1. The molecule has 0 unspecified atom stereocenters. The summed E-state index contributed by atoms with van der Waals surface area (Å²) in [6, 6.07) is 16.0. The van der Waals surface area contributed by atoms with Gasteiger partial charge in [-0.25, -0.2) is 9.78 Å². The normalized spacial score (nSPS) is 11.3. The zero-order valence-corrected chi connectivity index (χ0v) is 15.5. The lowest BCUT2D eigenvalue weighted by Crippen LogP contribution is -2.15. The van der Waals surface area contributed by atoms with Crippen LogP contribution in [0.4, 0.5) is 0 Å². The monoisotopic (exact) mass is 377 g/mol. The van der Waals surface area contributed by atoms with Crippen LogP contribution in [0.15, 0.2) is 54.6 Å². The van der Waals surface area contributed by atoms with Crippen LogP contribution in [0.25, 0.3) is 22.6 Å². The molecule has 0 atom stereocenters. The molecule has 0 bridgehead atoms. The first-order valence-corrected chi connectivity index (χ1v) is 8.69. The number of carboxylic acid groups (broad SMARTS) is 1. The molecule has 28 heavy (non-hydrogen) atoms. The van der Waals surface area contributed by atoms with Crippen molar-refractivity contribution >= 4 is 34.3 Å². The van der Waals surface area contributed by atoms with Gasteiger partial charge in [0, 0.05) is 5.39 Å². The summed E-state index contributed by atoms with van der Waals surface area (Å²) in [6.07, 6.45) is 1.50. The fourth-order valence-electron chi connectivity index (χ4n) is 2.81. The minimum atomic E-state index is -1.54. The van der Waals surface area contributed by atoms with Crippen molar-refractivity contribution in [2.75, 3.05) is 13.7 Å². The van der Waals surface area contributed by atoms with Crippen molar-refractivity contribution in [3.8, 4) is 11.5 Å². The van der Waals surface area contributed by atoms with E-state index in [4.69, 9.17) is 9.47 Å². The van der Waals surface area contributed by atoms with Gasteiger partial charge in [0.2, 0.25) is 0 Å². The smallest absolute Gasteiger partial charge is 0.377 e. The Morgan fingerprint density at radius 3 is 2.57 bits per heavy atom. The summed E-state index contributed by atoms with van der Waals surface area (Å²) in [5.74, 6) is -1.52. The van der Waals surface area contributed by atoms with Crippen LogP contribution in [0, 0.1) is 0 Å². The summed E-state index contributed by atoms with van der Waals surface area (Å²) in [6.45, 7) is 2.29. The number of methoxy groups -OCH3 is 1. The second kappa shape index (κ2) is 8.35. The van der Waals surface area contributed by atoms with Crippen LogP contribution < -0.4 is 9.47 Å². The molecule has 3 aromatic rings. The molecule has 0 fully saturated rings. The van der Waals surface area contributed by atoms with E-state index in [2.05, 4.69) is 4.98 Å². The van der Waals surface area contributed by atoms with Crippen molar-refractivity contribution in [2.45, 2.75) is 6.92 Å². The topological polar surface area (TPSA) is 85.7 Å². The maximum absolute atomic E-state index is 12.4. The number of nitrogens with zero attached hydrogens (tertiary/aromatic N) is 1. The van der Waals surface area contributed by atoms with Crippen molar-refractivity contribution in [1.29, 1.82) is 0 Å². The van der Waals surface area contributed by atoms with Gasteiger partial charge in [-0.05, 0) is 42.8 Å². The van der Waals surface area contributed by atoms with Crippen molar-refractivity contribution in [3.63, 3.8) is 0 Å². The molecule has 0 spiro atoms. The molecule has 0 radical (unpaired) electrons. The van der Waals surface area contributed by atoms with Gasteiger partial charge in [-0.15, -0.1) is 0 Å². The number of aliphatic carboxylic acids is 1. The number of carbonyl (C=O) groups excluding carboxylic acids is 1. The number of Topliss-reactive ketones (excluding diaryl/α,β-unsaturated/α-hetero) is 1. The molecule has 0 saturated heterocycles. The van der Waals surface area contributed by atoms with E-state index in [0.29, 0.717) is 34.9 Å². The summed E-state index contributed by atoms with van der Waals surface area (Å²) in [4.78, 5) is 28.2. The maximum atomic E-state index is 12.4. The highest BCUT2D eigenvalue weighted by atomic mass is 16.5. The first kappa shape index (κ1) is 19.1. The Hall–Kier alpha value is -3.67. The number of ether oxygens (including phenoxy) is 2. The number of carbonyl (C=O) groups is 2. The summed E-state index contributed by atoms with van der Waals surface area (Å²) >= 11 is 0. The van der Waals surface area contributed by atoms with Crippen LogP contribution in [-0.2, 0) is 9.59 Å². The highest BCUT2D eigenvalue weighted by molar-refractivity contribution is 6.52. The molecule has 1 N–H and O–H groups in total. The first-order chi connectivity index (χ1) is 13.5. The number of para-hydroxylation sites is 1. The van der Waals surface area contributed by atoms with Gasteiger partial charge in [-0.2, -0.15) is 0 Å². The van der Waals surface area contributed by atoms with Crippen LogP contribution >= 0.6 is 0 Å². The fraction of sp³-hybridized carbons (Fsp3) is 0.136. The van der Waals surface area contributed by atoms with E-state index >= 15 is 0 Å². The standard InChI is InChI=1S/C22H19NO5/c1-3-28-20-13-14(8-11-19(20)27-2)12-16(21(24)22(25)26)18-10-9-15-6-4-5-7-17(15)23-18/h4-13H,3H2,1-2H3,(H,25,26). The SMILES string of the molecule is CCOc1cc(C=C(C(=O)C(=O)O)c2ccc3ccccc3n2)ccc1OC. The number of ketones is 1. The second-order valence-electron chi connectivity index (χ2n) is 5.92. The van der Waals surface area contributed by atoms with Crippen LogP contribution in [0.3, 0.4) is 0 Å². The minimum absolute atomic E-state index is 0.00846. The van der Waals surface area contributed by atoms with Gasteiger partial charge in [0.25, 0.3) is 5.78 Å². The molecule has 1 aromatic heterocycles. The second-order valence-corrected chi connectivity index (χ2v) is 5.92. The van der Waals surface area contributed by atoms with Gasteiger partial charge in [-0.3, -0.25) is 4.79 Å². The van der Waals surface area contributed by atoms with E-state index in [1.165, 1.54) is 13.2 Å². The number of rotatable bonds is 7. The number of carboxylic acids is 1. The number of aromatic nitrogens is 1. The van der Waals surface area contributed by atoms with Crippen LogP contribution in [0.5, 0.6) is 11.5 Å². The fourth-order valence-corrected chi connectivity index (χ4v) is 2.81. The van der Waals surface area contributed by atoms with Gasteiger partial charge < -0.3 is 14.6 Å². The lowest BCUT2D eigenvalue weighted by Gasteiger charge is -2.10. The number of fused-ring (bicyclic) bond motifs is 1. The Balaban J connectivity index is 2.13. The molecule has 142 valence electrons. The number of hydrogen-bond donors (Lipinski definition) is 1. The summed E-state index contributed by atoms with van der Waals surface area (Å²) in [5.41, 5.74) is 1.56. The summed E-state index contributed by atoms with van der Waals surface area (Å²) in [7, 11) is 1.53. The van der Waals surface area contributed by atoms with Gasteiger partial charge in [0.05, 0.1) is 30.5 Å². The third-order valence-electron chi connectivity index (χ3n) is 4.11. The summed E-state index contributed by atoms with van der Waals surface area (Å²) in [5, 5.41) is 10.2. The largest absolute Gasteiger partial charge is 0.493 e. The predicted molar refractivity (Wildman–Crippen MR) is 106 cm³/mol. The highest BCUT2D eigenvalue weighted by Gasteiger charge is 2.21. The number of hydrogen-bond acceptors (Lipinski definition) is 5. The Morgan fingerprint density at radius 2 is 1.86 bits per heavy atom. The van der Waals surface area contributed by atoms with Gasteiger partial charge in [0.15, 0.2) is 11.5 Å². The van der Waals surface area contributed by atoms with E-state index in [9.17, 15) is 14.7 Å². The van der Waals surface area contributed by atoms with E-state index in [1.54, 1.807) is 30.3 Å². The zero-order chi connectivity index (χ0) is 20.1. The predicted octanol–water partition coefficient (Wildman–Crippen LogP) is 3.84. The molecule has 1 heterocycles. The Kier molecular flexibility index (Phi) is 5.69. The van der Waals surface area contributed by atoms with Crippen molar-refractivity contribution in [2.24, 2.45) is 0 Å². The summed E-state index contributed by atoms with van der Waals surface area (Å²) < 4.78 is 10.8. The molecule has 2 aromatic carbocycles. The third-order valence-corrected chi connectivity index (χ3v) is 4.11. The highest BCUT2D eigenvalue weighted by Crippen LogP contribution is 2.30. The first-order valence-electron chi connectivity index (χ1n) is 8.69. The van der Waals surface area contributed by atoms with Gasteiger partial charge in [0.1, 0.15) is 0 Å². The van der Waals surface area contributed by atoms with E-state index in [0.717, 1.165) is 5.39 Å². The molecular weight excluding hydrogens is 358 g/mol. The van der Waals surface area contributed by atoms with Gasteiger partial charge in [-0.1, -0.05) is 30.3 Å². The molecule has 6 nitrogen and oxygen atoms in total. The van der Waals surface area contributed by atoms with Crippen LogP contribution in [-0.4, -0.2) is 35.6 Å². The molecule has 6 heteroatoms. The molecule has 0 aliphatic carbocycles. The van der Waals surface area contributed by atoms with Gasteiger partial charge >= 0.3 is 5.97 Å².